The van der Waals surface area contributed by atoms with E-state index in [4.69, 9.17) is 4.42 Å². The summed E-state index contributed by atoms with van der Waals surface area (Å²) in [4.78, 5) is 3.84. The summed E-state index contributed by atoms with van der Waals surface area (Å²) in [5.41, 5.74) is 1.23. The second kappa shape index (κ2) is 8.37. The third-order valence-corrected chi connectivity index (χ3v) is 4.35. The average Bonchev–Trinajstić information content (AvgIpc) is 3.10. The fourth-order valence-corrected chi connectivity index (χ4v) is 2.96. The number of thiophene rings is 1. The molecule has 2 heterocycles. The molecule has 2 rings (SSSR count). The van der Waals surface area contributed by atoms with Gasteiger partial charge in [0.1, 0.15) is 5.76 Å². The Labute approximate surface area is 132 Å². The van der Waals surface area contributed by atoms with Gasteiger partial charge in [0.2, 0.25) is 0 Å². The van der Waals surface area contributed by atoms with Crippen LogP contribution in [0.2, 0.25) is 0 Å². The van der Waals surface area contributed by atoms with E-state index in [-0.39, 0.29) is 0 Å². The van der Waals surface area contributed by atoms with Gasteiger partial charge in [0.05, 0.1) is 12.8 Å². The molecule has 0 aliphatic heterocycles. The molecule has 3 nitrogen and oxygen atoms in total. The number of hydrogen-bond donors (Lipinski definition) is 1. The van der Waals surface area contributed by atoms with Gasteiger partial charge in [-0.2, -0.15) is 0 Å². The zero-order valence-corrected chi connectivity index (χ0v) is 14.1. The topological polar surface area (TPSA) is 28.4 Å². The molecule has 21 heavy (non-hydrogen) atoms. The Kier molecular flexibility index (Phi) is 6.49. The summed E-state index contributed by atoms with van der Waals surface area (Å²) in [6, 6.07) is 6.98. The van der Waals surface area contributed by atoms with Gasteiger partial charge in [-0.15, -0.1) is 11.3 Å². The molecule has 4 heteroatoms. The van der Waals surface area contributed by atoms with E-state index in [1.165, 1.54) is 10.4 Å². The Balaban J connectivity index is 1.91. The summed E-state index contributed by atoms with van der Waals surface area (Å²) in [5.74, 6) is 1.05. The monoisotopic (exact) mass is 306 g/mol. The molecule has 1 N–H and O–H groups in total. The number of nitrogens with zero attached hydrogens (tertiary/aromatic N) is 1. The molecule has 0 unspecified atom stereocenters. The predicted molar refractivity (Wildman–Crippen MR) is 89.4 cm³/mol. The van der Waals surface area contributed by atoms with Gasteiger partial charge < -0.3 is 9.73 Å². The van der Waals surface area contributed by atoms with Crippen LogP contribution in [-0.2, 0) is 19.6 Å². The molecule has 116 valence electrons. The van der Waals surface area contributed by atoms with E-state index in [2.05, 4.69) is 54.6 Å². The Morgan fingerprint density at radius 3 is 2.86 bits per heavy atom. The minimum absolute atomic E-state index is 0.499. The Morgan fingerprint density at radius 2 is 2.19 bits per heavy atom. The van der Waals surface area contributed by atoms with Crippen LogP contribution in [0.4, 0.5) is 0 Å². The molecular formula is C17H26N2OS. The summed E-state index contributed by atoms with van der Waals surface area (Å²) in [6.45, 7) is 10.4. The normalized spacial score (nSPS) is 11.7. The van der Waals surface area contributed by atoms with Gasteiger partial charge in [-0.1, -0.05) is 13.0 Å². The lowest BCUT2D eigenvalue weighted by atomic mass is 10.2. The summed E-state index contributed by atoms with van der Waals surface area (Å²) >= 11 is 1.82. The highest BCUT2D eigenvalue weighted by atomic mass is 32.1. The highest BCUT2D eigenvalue weighted by molar-refractivity contribution is 7.09. The molecule has 0 saturated heterocycles. The smallest absolute Gasteiger partial charge is 0.118 e. The van der Waals surface area contributed by atoms with Gasteiger partial charge in [-0.05, 0) is 44.3 Å². The van der Waals surface area contributed by atoms with Gasteiger partial charge in [0.15, 0.2) is 0 Å². The molecule has 0 aliphatic carbocycles. The fraction of sp³-hybridized carbons (Fsp3) is 0.529. The van der Waals surface area contributed by atoms with Crippen molar-refractivity contribution in [3.63, 3.8) is 0 Å². The fourth-order valence-electron chi connectivity index (χ4n) is 2.24. The molecule has 0 bridgehead atoms. The lowest BCUT2D eigenvalue weighted by molar-refractivity contribution is 0.189. The Bertz CT molecular complexity index is 505. The molecule has 0 radical (unpaired) electrons. The lowest BCUT2D eigenvalue weighted by Crippen LogP contribution is -2.29. The van der Waals surface area contributed by atoms with Crippen LogP contribution in [0.3, 0.4) is 0 Å². The molecule has 0 atom stereocenters. The molecule has 2 aromatic heterocycles. The summed E-state index contributed by atoms with van der Waals surface area (Å²) in [5, 5.41) is 5.54. The highest BCUT2D eigenvalue weighted by Crippen LogP contribution is 2.18. The first-order valence-electron chi connectivity index (χ1n) is 7.72. The van der Waals surface area contributed by atoms with Crippen molar-refractivity contribution in [1.29, 1.82) is 0 Å². The second-order valence-electron chi connectivity index (χ2n) is 5.68. The van der Waals surface area contributed by atoms with Gasteiger partial charge >= 0.3 is 0 Å². The van der Waals surface area contributed by atoms with E-state index in [1.807, 2.05) is 17.6 Å². The molecule has 0 spiro atoms. The van der Waals surface area contributed by atoms with E-state index >= 15 is 0 Å². The van der Waals surface area contributed by atoms with Crippen molar-refractivity contribution in [3.05, 3.63) is 46.0 Å². The standard InChI is InChI=1S/C17H26N2OS/c1-4-7-18-10-15-9-16(20-13-15)11-19(14(2)3)12-17-6-5-8-21-17/h5-6,8-9,13-14,18H,4,7,10-12H2,1-3H3. The van der Waals surface area contributed by atoms with Crippen molar-refractivity contribution < 1.29 is 4.42 Å². The molecule has 0 saturated carbocycles. The first kappa shape index (κ1) is 16.3. The maximum atomic E-state index is 5.72. The van der Waals surface area contributed by atoms with Crippen LogP contribution in [0.15, 0.2) is 34.3 Å². The van der Waals surface area contributed by atoms with Crippen molar-refractivity contribution in [2.45, 2.75) is 52.9 Å². The van der Waals surface area contributed by atoms with E-state index in [0.717, 1.165) is 38.4 Å². The van der Waals surface area contributed by atoms with Crippen LogP contribution in [0, 0.1) is 0 Å². The van der Waals surface area contributed by atoms with Crippen molar-refractivity contribution in [2.24, 2.45) is 0 Å². The Morgan fingerprint density at radius 1 is 1.33 bits per heavy atom. The van der Waals surface area contributed by atoms with Crippen LogP contribution >= 0.6 is 11.3 Å². The summed E-state index contributed by atoms with van der Waals surface area (Å²) in [7, 11) is 0. The molecule has 0 aromatic carbocycles. The van der Waals surface area contributed by atoms with Crippen molar-refractivity contribution in [1.82, 2.24) is 10.2 Å². The largest absolute Gasteiger partial charge is 0.468 e. The van der Waals surface area contributed by atoms with E-state index in [9.17, 15) is 0 Å². The Hall–Kier alpha value is -1.10. The zero-order valence-electron chi connectivity index (χ0n) is 13.3. The molecule has 2 aromatic rings. The number of nitrogens with one attached hydrogen (secondary N) is 1. The molecule has 0 fully saturated rings. The second-order valence-corrected chi connectivity index (χ2v) is 6.71. The van der Waals surface area contributed by atoms with E-state index in [0.29, 0.717) is 6.04 Å². The van der Waals surface area contributed by atoms with Crippen LogP contribution < -0.4 is 5.32 Å². The molecule has 0 amide bonds. The van der Waals surface area contributed by atoms with Crippen molar-refractivity contribution >= 4 is 11.3 Å². The molecular weight excluding hydrogens is 280 g/mol. The number of hydrogen-bond acceptors (Lipinski definition) is 4. The van der Waals surface area contributed by atoms with E-state index < -0.39 is 0 Å². The van der Waals surface area contributed by atoms with Crippen molar-refractivity contribution in [2.75, 3.05) is 6.54 Å². The third kappa shape index (κ3) is 5.30. The summed E-state index contributed by atoms with van der Waals surface area (Å²) in [6.07, 6.45) is 3.04. The maximum absolute atomic E-state index is 5.72. The number of furan rings is 1. The highest BCUT2D eigenvalue weighted by Gasteiger charge is 2.13. The molecule has 0 aliphatic rings. The van der Waals surface area contributed by atoms with Gasteiger partial charge in [0, 0.05) is 29.6 Å². The quantitative estimate of drug-likeness (QED) is 0.702. The van der Waals surface area contributed by atoms with Crippen LogP contribution in [-0.4, -0.2) is 17.5 Å². The van der Waals surface area contributed by atoms with E-state index in [1.54, 1.807) is 0 Å². The third-order valence-electron chi connectivity index (χ3n) is 3.49. The average molecular weight is 306 g/mol. The van der Waals surface area contributed by atoms with Crippen molar-refractivity contribution in [3.8, 4) is 0 Å². The zero-order chi connectivity index (χ0) is 15.1. The van der Waals surface area contributed by atoms with Crippen LogP contribution in [0.5, 0.6) is 0 Å². The van der Waals surface area contributed by atoms with Gasteiger partial charge in [-0.3, -0.25) is 4.90 Å². The van der Waals surface area contributed by atoms with Gasteiger partial charge in [0.25, 0.3) is 0 Å². The van der Waals surface area contributed by atoms with Crippen LogP contribution in [0.25, 0.3) is 0 Å². The SMILES string of the molecule is CCCNCc1coc(CN(Cc2cccs2)C(C)C)c1. The van der Waals surface area contributed by atoms with Gasteiger partial charge in [-0.25, -0.2) is 0 Å². The predicted octanol–water partition coefficient (Wildman–Crippen LogP) is 4.25. The summed E-state index contributed by atoms with van der Waals surface area (Å²) < 4.78 is 5.72. The number of rotatable bonds is 9. The minimum Gasteiger partial charge on any atom is -0.468 e. The first-order chi connectivity index (χ1) is 10.2. The maximum Gasteiger partial charge on any atom is 0.118 e. The lowest BCUT2D eigenvalue weighted by Gasteiger charge is -2.24. The minimum atomic E-state index is 0.499. The van der Waals surface area contributed by atoms with Crippen LogP contribution in [0.1, 0.15) is 43.4 Å². The first-order valence-corrected chi connectivity index (χ1v) is 8.60.